The van der Waals surface area contributed by atoms with Gasteiger partial charge in [0.05, 0.1) is 16.8 Å². The third-order valence-corrected chi connectivity index (χ3v) is 5.49. The van der Waals surface area contributed by atoms with E-state index in [1.54, 1.807) is 18.2 Å². The van der Waals surface area contributed by atoms with Gasteiger partial charge in [-0.1, -0.05) is 31.2 Å². The number of rotatable bonds is 9. The van der Waals surface area contributed by atoms with Gasteiger partial charge >= 0.3 is 0 Å². The molecule has 6 heteroatoms. The number of allylic oxidation sites excluding steroid dienone is 1. The summed E-state index contributed by atoms with van der Waals surface area (Å²) in [5.41, 5.74) is 2.58. The Morgan fingerprint density at radius 3 is 2.65 bits per heavy atom. The van der Waals surface area contributed by atoms with Crippen LogP contribution in [0.15, 0.2) is 60.1 Å². The molecule has 6 nitrogen and oxygen atoms in total. The number of unbranched alkanes of at least 4 members (excludes halogenated alkanes) is 2. The largest absolute Gasteiger partial charge is 0.494 e. The maximum Gasteiger partial charge on any atom is 0.214 e. The molecule has 1 aromatic heterocycles. The molecule has 0 aliphatic carbocycles. The topological polar surface area (TPSA) is 99.6 Å². The summed E-state index contributed by atoms with van der Waals surface area (Å²) in [6, 6.07) is 12.2. The molecule has 0 amide bonds. The van der Waals surface area contributed by atoms with E-state index in [1.807, 2.05) is 24.3 Å². The van der Waals surface area contributed by atoms with Crippen LogP contribution < -0.4 is 0 Å². The van der Waals surface area contributed by atoms with E-state index in [4.69, 9.17) is 0 Å². The predicted octanol–water partition coefficient (Wildman–Crippen LogP) is 5.08. The van der Waals surface area contributed by atoms with Crippen molar-refractivity contribution in [3.05, 3.63) is 71.8 Å². The lowest BCUT2D eigenvalue weighted by atomic mass is 9.97. The van der Waals surface area contributed by atoms with Crippen LogP contribution >= 0.6 is 0 Å². The molecule has 0 atom stereocenters. The van der Waals surface area contributed by atoms with Gasteiger partial charge in [-0.15, -0.1) is 0 Å². The number of carbonyl (C=O) groups excluding carboxylic acids is 3. The number of aromatic amines is 1. The SMILES string of the molecule is C=CC(=O)CCCCCC(=O)c1ccc2c(c1)C(=O)C(c1c(O)[nH]c3ccccc13)=N2. The van der Waals surface area contributed by atoms with E-state index in [1.165, 1.54) is 6.08 Å². The molecule has 2 aromatic carbocycles. The Labute approximate surface area is 179 Å². The van der Waals surface area contributed by atoms with E-state index in [-0.39, 0.29) is 28.9 Å². The van der Waals surface area contributed by atoms with Gasteiger partial charge in [0.2, 0.25) is 5.78 Å². The van der Waals surface area contributed by atoms with E-state index < -0.39 is 0 Å². The number of para-hydroxylation sites is 1. The second-order valence-electron chi connectivity index (χ2n) is 7.57. The molecule has 0 fully saturated rings. The highest BCUT2D eigenvalue weighted by atomic mass is 16.3. The fraction of sp³-hybridized carbons (Fsp3) is 0.200. The number of aliphatic imine (C=N–C) groups is 1. The summed E-state index contributed by atoms with van der Waals surface area (Å²) >= 11 is 0. The normalized spacial score (nSPS) is 12.6. The summed E-state index contributed by atoms with van der Waals surface area (Å²) in [5.74, 6) is -0.450. The van der Waals surface area contributed by atoms with E-state index in [2.05, 4.69) is 16.6 Å². The van der Waals surface area contributed by atoms with Crippen molar-refractivity contribution in [2.75, 3.05) is 0 Å². The molecule has 4 rings (SSSR count). The van der Waals surface area contributed by atoms with Crippen molar-refractivity contribution in [3.8, 4) is 5.88 Å². The summed E-state index contributed by atoms with van der Waals surface area (Å²) in [5, 5.41) is 11.1. The van der Waals surface area contributed by atoms with Gasteiger partial charge in [0.15, 0.2) is 17.4 Å². The molecule has 3 aromatic rings. The Morgan fingerprint density at radius 2 is 1.84 bits per heavy atom. The van der Waals surface area contributed by atoms with Gasteiger partial charge in [-0.2, -0.15) is 0 Å². The van der Waals surface area contributed by atoms with E-state index in [0.29, 0.717) is 52.5 Å². The van der Waals surface area contributed by atoms with Crippen LogP contribution in [-0.2, 0) is 4.79 Å². The van der Waals surface area contributed by atoms with Crippen LogP contribution in [0, 0.1) is 0 Å². The Hall–Kier alpha value is -3.80. The van der Waals surface area contributed by atoms with Crippen molar-refractivity contribution in [2.24, 2.45) is 4.99 Å². The summed E-state index contributed by atoms with van der Waals surface area (Å²) in [4.78, 5) is 44.1. The van der Waals surface area contributed by atoms with Crippen LogP contribution in [0.2, 0.25) is 0 Å². The van der Waals surface area contributed by atoms with Gasteiger partial charge in [0.1, 0.15) is 5.71 Å². The molecule has 0 spiro atoms. The quantitative estimate of drug-likeness (QED) is 0.290. The molecule has 2 heterocycles. The molecular weight excluding hydrogens is 392 g/mol. The van der Waals surface area contributed by atoms with E-state index in [9.17, 15) is 19.5 Å². The maximum atomic E-state index is 13.1. The number of hydrogen-bond donors (Lipinski definition) is 2. The van der Waals surface area contributed by atoms with Gasteiger partial charge in [-0.3, -0.25) is 14.4 Å². The van der Waals surface area contributed by atoms with Gasteiger partial charge in [-0.05, 0) is 43.2 Å². The lowest BCUT2D eigenvalue weighted by Crippen LogP contribution is -2.11. The number of hydrogen-bond acceptors (Lipinski definition) is 5. The van der Waals surface area contributed by atoms with Crippen molar-refractivity contribution in [1.82, 2.24) is 4.98 Å². The minimum Gasteiger partial charge on any atom is -0.494 e. The molecule has 0 saturated heterocycles. The van der Waals surface area contributed by atoms with Crippen LogP contribution in [0.4, 0.5) is 5.69 Å². The van der Waals surface area contributed by atoms with Crippen LogP contribution in [0.5, 0.6) is 5.88 Å². The summed E-state index contributed by atoms with van der Waals surface area (Å²) < 4.78 is 0. The fourth-order valence-electron chi connectivity index (χ4n) is 3.83. The Bertz CT molecular complexity index is 1250. The number of H-pyrrole nitrogens is 1. The van der Waals surface area contributed by atoms with Gasteiger partial charge in [-0.25, -0.2) is 4.99 Å². The third-order valence-electron chi connectivity index (χ3n) is 5.49. The minimum atomic E-state index is -0.312. The highest BCUT2D eigenvalue weighted by molar-refractivity contribution is 6.56. The zero-order chi connectivity index (χ0) is 22.0. The first-order valence-corrected chi connectivity index (χ1v) is 10.3. The van der Waals surface area contributed by atoms with Gasteiger partial charge < -0.3 is 10.1 Å². The summed E-state index contributed by atoms with van der Waals surface area (Å²) in [6.07, 6.45) is 4.31. The zero-order valence-corrected chi connectivity index (χ0v) is 17.0. The zero-order valence-electron chi connectivity index (χ0n) is 17.0. The molecule has 0 unspecified atom stereocenters. The fourth-order valence-corrected chi connectivity index (χ4v) is 3.83. The lowest BCUT2D eigenvalue weighted by Gasteiger charge is -2.03. The molecule has 1 aliphatic rings. The van der Waals surface area contributed by atoms with Crippen molar-refractivity contribution in [2.45, 2.75) is 32.1 Å². The van der Waals surface area contributed by atoms with Crippen molar-refractivity contribution in [1.29, 1.82) is 0 Å². The van der Waals surface area contributed by atoms with Crippen LogP contribution in [0.25, 0.3) is 10.9 Å². The summed E-state index contributed by atoms with van der Waals surface area (Å²) in [7, 11) is 0. The lowest BCUT2D eigenvalue weighted by molar-refractivity contribution is -0.114. The van der Waals surface area contributed by atoms with Crippen molar-refractivity contribution in [3.63, 3.8) is 0 Å². The number of nitrogens with one attached hydrogen (secondary N) is 1. The number of nitrogens with zero attached hydrogens (tertiary/aromatic N) is 1. The first-order chi connectivity index (χ1) is 15.0. The number of benzene rings is 2. The molecule has 156 valence electrons. The Kier molecular flexibility index (Phi) is 5.62. The van der Waals surface area contributed by atoms with E-state index >= 15 is 0 Å². The standard InChI is InChI=1S/C25H22N2O4/c1-2-16(28)8-4-3-5-11-21(29)15-12-13-20-18(14-15)24(30)23(26-20)22-17-9-6-7-10-19(17)27-25(22)31/h2,6-7,9-10,12-14,27,31H,1,3-5,8,11H2. The Balaban J connectivity index is 1.48. The third kappa shape index (κ3) is 3.97. The first kappa shape index (κ1) is 20.5. The number of aromatic nitrogens is 1. The first-order valence-electron chi connectivity index (χ1n) is 10.3. The predicted molar refractivity (Wildman–Crippen MR) is 120 cm³/mol. The van der Waals surface area contributed by atoms with Crippen LogP contribution in [0.1, 0.15) is 58.4 Å². The molecule has 31 heavy (non-hydrogen) atoms. The van der Waals surface area contributed by atoms with Crippen molar-refractivity contribution < 1.29 is 19.5 Å². The smallest absolute Gasteiger partial charge is 0.214 e. The molecule has 2 N–H and O–H groups in total. The average molecular weight is 414 g/mol. The van der Waals surface area contributed by atoms with Crippen LogP contribution in [-0.4, -0.2) is 33.2 Å². The minimum absolute atomic E-state index is 0.0144. The van der Waals surface area contributed by atoms with E-state index in [0.717, 1.165) is 12.8 Å². The Morgan fingerprint density at radius 1 is 1.06 bits per heavy atom. The molecule has 0 bridgehead atoms. The molecule has 0 radical (unpaired) electrons. The number of Topliss-reactive ketones (excluding diaryl/α,β-unsaturated/α-hetero) is 2. The second-order valence-corrected chi connectivity index (χ2v) is 7.57. The number of ketones is 3. The molecule has 0 saturated carbocycles. The highest BCUT2D eigenvalue weighted by Gasteiger charge is 2.30. The second kappa shape index (κ2) is 8.52. The van der Waals surface area contributed by atoms with Gasteiger partial charge in [0, 0.05) is 29.3 Å². The monoisotopic (exact) mass is 414 g/mol. The van der Waals surface area contributed by atoms with Gasteiger partial charge in [0.25, 0.3) is 0 Å². The number of aromatic hydroxyl groups is 1. The number of carbonyl (C=O) groups is 3. The molecular formula is C25H22N2O4. The van der Waals surface area contributed by atoms with Crippen molar-refractivity contribution >= 4 is 39.7 Å². The number of fused-ring (bicyclic) bond motifs is 2. The highest BCUT2D eigenvalue weighted by Crippen LogP contribution is 2.35. The summed E-state index contributed by atoms with van der Waals surface area (Å²) in [6.45, 7) is 3.45. The maximum absolute atomic E-state index is 13.1. The average Bonchev–Trinajstić information content (AvgIpc) is 3.28. The van der Waals surface area contributed by atoms with Crippen LogP contribution in [0.3, 0.4) is 0 Å². The molecule has 1 aliphatic heterocycles.